The summed E-state index contributed by atoms with van der Waals surface area (Å²) in [5, 5.41) is 19.4. The number of hydrogen-bond acceptors (Lipinski definition) is 6. The Balaban J connectivity index is 1.58. The van der Waals surface area contributed by atoms with E-state index in [0.29, 0.717) is 9.80 Å². The first-order valence-corrected chi connectivity index (χ1v) is 9.86. The van der Waals surface area contributed by atoms with E-state index < -0.39 is 48.3 Å². The smallest absolute Gasteiger partial charge is 0.414 e. The lowest BCUT2D eigenvalue weighted by Crippen LogP contribution is -2.52. The molecule has 0 spiro atoms. The number of nitrogens with zero attached hydrogens (tertiary/aromatic N) is 2. The summed E-state index contributed by atoms with van der Waals surface area (Å²) in [6.45, 7) is -0.354. The average Bonchev–Trinajstić information content (AvgIpc) is 3.38. The monoisotopic (exact) mass is 440 g/mol. The molecule has 4 amide bonds. The molecule has 2 aliphatic heterocycles. The second-order valence-corrected chi connectivity index (χ2v) is 7.38. The minimum absolute atomic E-state index is 0.177. The van der Waals surface area contributed by atoms with Gasteiger partial charge in [0.15, 0.2) is 0 Å². The Hall–Kier alpha value is -3.76. The van der Waals surface area contributed by atoms with Crippen molar-refractivity contribution in [3.05, 3.63) is 71.8 Å². The molecule has 2 aromatic carbocycles. The average molecular weight is 440 g/mol. The van der Waals surface area contributed by atoms with Crippen LogP contribution in [0, 0.1) is 0 Å². The Bertz CT molecular complexity index is 945. The van der Waals surface area contributed by atoms with E-state index in [1.807, 2.05) is 0 Å². The Morgan fingerprint density at radius 3 is 1.31 bits per heavy atom. The fraction of sp³-hybridized carbons (Fsp3) is 0.273. The molecule has 4 atom stereocenters. The van der Waals surface area contributed by atoms with Crippen LogP contribution in [0.2, 0.25) is 0 Å². The van der Waals surface area contributed by atoms with E-state index in [1.54, 1.807) is 36.4 Å². The molecule has 166 valence electrons. The fourth-order valence-electron chi connectivity index (χ4n) is 4.10. The van der Waals surface area contributed by atoms with Crippen LogP contribution in [0.25, 0.3) is 0 Å². The van der Waals surface area contributed by atoms with E-state index in [9.17, 15) is 29.4 Å². The van der Waals surface area contributed by atoms with Gasteiger partial charge in [-0.2, -0.15) is 0 Å². The largest absolute Gasteiger partial charge is 0.465 e. The second kappa shape index (κ2) is 8.77. The van der Waals surface area contributed by atoms with E-state index in [1.165, 1.54) is 24.3 Å². The lowest BCUT2D eigenvalue weighted by molar-refractivity contribution is 0.0286. The Morgan fingerprint density at radius 1 is 0.656 bits per heavy atom. The highest BCUT2D eigenvalue weighted by atomic mass is 16.6. The van der Waals surface area contributed by atoms with Gasteiger partial charge < -0.3 is 19.7 Å². The molecular weight excluding hydrogens is 420 g/mol. The number of carbonyl (C=O) groups excluding carboxylic acids is 2. The maximum absolute atomic E-state index is 12.9. The Morgan fingerprint density at radius 2 is 1.00 bits per heavy atom. The van der Waals surface area contributed by atoms with Gasteiger partial charge in [-0.1, -0.05) is 36.4 Å². The van der Waals surface area contributed by atoms with Gasteiger partial charge in [-0.15, -0.1) is 0 Å². The van der Waals surface area contributed by atoms with Crippen LogP contribution in [0.4, 0.5) is 9.59 Å². The predicted molar refractivity (Wildman–Crippen MR) is 108 cm³/mol. The number of benzene rings is 2. The molecule has 32 heavy (non-hydrogen) atoms. The van der Waals surface area contributed by atoms with Gasteiger partial charge in [0, 0.05) is 11.1 Å². The number of carbonyl (C=O) groups is 4. The summed E-state index contributed by atoms with van der Waals surface area (Å²) < 4.78 is 11.4. The van der Waals surface area contributed by atoms with E-state index in [4.69, 9.17) is 9.47 Å². The van der Waals surface area contributed by atoms with Crippen molar-refractivity contribution in [3.8, 4) is 0 Å². The summed E-state index contributed by atoms with van der Waals surface area (Å²) in [6.07, 6.45) is -4.77. The maximum atomic E-state index is 12.9. The summed E-state index contributed by atoms with van der Waals surface area (Å²) in [7, 11) is 0. The van der Waals surface area contributed by atoms with Crippen molar-refractivity contribution < 1.29 is 38.9 Å². The number of imide groups is 2. The van der Waals surface area contributed by atoms with Crippen molar-refractivity contribution in [2.24, 2.45) is 0 Å². The fourth-order valence-corrected chi connectivity index (χ4v) is 4.10. The van der Waals surface area contributed by atoms with Crippen LogP contribution in [0.1, 0.15) is 20.7 Å². The molecule has 0 aliphatic carbocycles. The first-order valence-electron chi connectivity index (χ1n) is 9.86. The minimum Gasteiger partial charge on any atom is -0.465 e. The van der Waals surface area contributed by atoms with E-state index in [0.717, 1.165) is 0 Å². The van der Waals surface area contributed by atoms with Gasteiger partial charge in [-0.3, -0.25) is 9.59 Å². The summed E-state index contributed by atoms with van der Waals surface area (Å²) in [4.78, 5) is 50.9. The number of carboxylic acid groups (broad SMARTS) is 2. The molecule has 0 radical (unpaired) electrons. The van der Waals surface area contributed by atoms with E-state index >= 15 is 0 Å². The maximum Gasteiger partial charge on any atom is 0.414 e. The number of amides is 4. The third-order valence-electron chi connectivity index (χ3n) is 5.56. The zero-order chi connectivity index (χ0) is 22.8. The summed E-state index contributed by atoms with van der Waals surface area (Å²) >= 11 is 0. The minimum atomic E-state index is -1.48. The van der Waals surface area contributed by atoms with Crippen LogP contribution in [-0.4, -0.2) is 81.5 Å². The first kappa shape index (κ1) is 21.5. The number of rotatable bonds is 4. The van der Waals surface area contributed by atoms with Crippen molar-refractivity contribution in [2.45, 2.75) is 24.3 Å². The van der Waals surface area contributed by atoms with Crippen molar-refractivity contribution >= 4 is 24.0 Å². The van der Waals surface area contributed by atoms with Crippen LogP contribution in [0.3, 0.4) is 0 Å². The van der Waals surface area contributed by atoms with Crippen LogP contribution in [0.5, 0.6) is 0 Å². The first-order chi connectivity index (χ1) is 15.4. The quantitative estimate of drug-likeness (QED) is 0.739. The van der Waals surface area contributed by atoms with E-state index in [2.05, 4.69) is 0 Å². The van der Waals surface area contributed by atoms with Gasteiger partial charge in [-0.25, -0.2) is 19.4 Å². The molecule has 2 N–H and O–H groups in total. The lowest BCUT2D eigenvalue weighted by Gasteiger charge is -2.27. The number of fused-ring (bicyclic) bond motifs is 1. The zero-order valence-electron chi connectivity index (χ0n) is 16.7. The zero-order valence-corrected chi connectivity index (χ0v) is 16.7. The van der Waals surface area contributed by atoms with Gasteiger partial charge in [0.25, 0.3) is 11.8 Å². The SMILES string of the molecule is O=C(O)N(C(=O)c1ccccc1)[C@@H]1CO[C@H]2[C@@H]1OC[C@@H]2N(C(=O)O)C(=O)c1ccccc1. The third-order valence-corrected chi connectivity index (χ3v) is 5.56. The normalized spacial score (nSPS) is 23.9. The van der Waals surface area contributed by atoms with Crippen molar-refractivity contribution in [1.29, 1.82) is 0 Å². The molecule has 2 aromatic rings. The highest BCUT2D eigenvalue weighted by molar-refractivity contribution is 6.03. The highest BCUT2D eigenvalue weighted by Crippen LogP contribution is 2.34. The van der Waals surface area contributed by atoms with Crippen LogP contribution in [0.15, 0.2) is 60.7 Å². The van der Waals surface area contributed by atoms with Crippen LogP contribution < -0.4 is 0 Å². The predicted octanol–water partition coefficient (Wildman–Crippen LogP) is 2.16. The molecule has 4 rings (SSSR count). The lowest BCUT2D eigenvalue weighted by atomic mass is 10.0. The topological polar surface area (TPSA) is 134 Å². The molecule has 2 fully saturated rings. The van der Waals surface area contributed by atoms with Crippen molar-refractivity contribution in [2.75, 3.05) is 13.2 Å². The molecule has 10 heteroatoms. The van der Waals surface area contributed by atoms with Gasteiger partial charge >= 0.3 is 12.2 Å². The summed E-state index contributed by atoms with van der Waals surface area (Å²) in [6, 6.07) is 13.9. The van der Waals surface area contributed by atoms with E-state index in [-0.39, 0.29) is 24.3 Å². The second-order valence-electron chi connectivity index (χ2n) is 7.38. The van der Waals surface area contributed by atoms with Gasteiger partial charge in [0.2, 0.25) is 0 Å². The molecule has 2 aliphatic rings. The number of ether oxygens (including phenoxy) is 2. The summed E-state index contributed by atoms with van der Waals surface area (Å²) in [5.41, 5.74) is 0.360. The third kappa shape index (κ3) is 3.81. The molecule has 0 bridgehead atoms. The van der Waals surface area contributed by atoms with Crippen LogP contribution in [-0.2, 0) is 9.47 Å². The Labute approximate surface area is 182 Å². The van der Waals surface area contributed by atoms with Gasteiger partial charge in [0.05, 0.1) is 25.3 Å². The molecule has 10 nitrogen and oxygen atoms in total. The molecule has 2 heterocycles. The highest BCUT2D eigenvalue weighted by Gasteiger charge is 2.55. The molecule has 0 aromatic heterocycles. The Kier molecular flexibility index (Phi) is 5.89. The molecular formula is C22H20N2O8. The molecule has 0 unspecified atom stereocenters. The van der Waals surface area contributed by atoms with Crippen LogP contribution >= 0.6 is 0 Å². The molecule has 2 saturated heterocycles. The number of hydrogen-bond donors (Lipinski definition) is 2. The standard InChI is InChI=1S/C22H20N2O8/c25-19(13-7-3-1-4-8-13)23(21(27)28)15-11-31-18-16(12-32-17(15)18)24(22(29)30)20(26)14-9-5-2-6-10-14/h1-10,15-18H,11-12H2,(H,27,28)(H,29,30)/t15-,16+,17-,18-/m1/s1. The van der Waals surface area contributed by atoms with Gasteiger partial charge in [-0.05, 0) is 24.3 Å². The molecule has 0 saturated carbocycles. The van der Waals surface area contributed by atoms with Crippen molar-refractivity contribution in [1.82, 2.24) is 9.80 Å². The van der Waals surface area contributed by atoms with Gasteiger partial charge in [0.1, 0.15) is 12.2 Å². The summed E-state index contributed by atoms with van der Waals surface area (Å²) in [5.74, 6) is -1.48. The van der Waals surface area contributed by atoms with Crippen molar-refractivity contribution in [3.63, 3.8) is 0 Å².